The minimum Gasteiger partial charge on any atom is -0.381 e. The highest BCUT2D eigenvalue weighted by Gasteiger charge is 2.02. The average molecular weight is 235 g/mol. The molecule has 0 atom stereocenters. The molecule has 0 fully saturated rings. The monoisotopic (exact) mass is 235 g/mol. The highest BCUT2D eigenvalue weighted by Crippen LogP contribution is 2.23. The molecule has 5 heteroatoms. The molecule has 0 aliphatic carbocycles. The molecular weight excluding hydrogens is 225 g/mol. The van der Waals surface area contributed by atoms with Crippen LogP contribution in [0.5, 0.6) is 0 Å². The lowest BCUT2D eigenvalue weighted by Crippen LogP contribution is -1.94. The van der Waals surface area contributed by atoms with Crippen molar-refractivity contribution in [2.24, 2.45) is 0 Å². The molecule has 0 bridgehead atoms. The van der Waals surface area contributed by atoms with Crippen molar-refractivity contribution in [1.29, 1.82) is 0 Å². The van der Waals surface area contributed by atoms with Gasteiger partial charge in [0.2, 0.25) is 0 Å². The van der Waals surface area contributed by atoms with Gasteiger partial charge in [-0.15, -0.1) is 0 Å². The molecule has 3 nitrogen and oxygen atoms in total. The third kappa shape index (κ3) is 2.70. The van der Waals surface area contributed by atoms with Crippen LogP contribution in [0.2, 0.25) is 0 Å². The molecule has 0 aliphatic heterocycles. The Labute approximate surface area is 96.9 Å². The fourth-order valence-corrected chi connectivity index (χ4v) is 2.01. The van der Waals surface area contributed by atoms with Crippen molar-refractivity contribution in [3.63, 3.8) is 0 Å². The van der Waals surface area contributed by atoms with Gasteiger partial charge >= 0.3 is 0 Å². The zero-order valence-electron chi connectivity index (χ0n) is 8.43. The first-order valence-electron chi connectivity index (χ1n) is 4.69. The molecule has 16 heavy (non-hydrogen) atoms. The lowest BCUT2D eigenvalue weighted by Gasteiger charge is -2.02. The minimum absolute atomic E-state index is 0.229. The minimum atomic E-state index is -0.229. The average Bonchev–Trinajstić information content (AvgIpc) is 2.30. The van der Waals surface area contributed by atoms with E-state index in [0.717, 1.165) is 5.56 Å². The van der Waals surface area contributed by atoms with Crippen LogP contribution in [0.3, 0.4) is 0 Å². The highest BCUT2D eigenvalue weighted by molar-refractivity contribution is 7.98. The van der Waals surface area contributed by atoms with E-state index in [2.05, 4.69) is 9.97 Å². The molecule has 0 spiro atoms. The summed E-state index contributed by atoms with van der Waals surface area (Å²) >= 11 is 1.48. The molecule has 0 saturated heterocycles. The summed E-state index contributed by atoms with van der Waals surface area (Å²) in [5.41, 5.74) is 6.68. The van der Waals surface area contributed by atoms with E-state index in [1.807, 2.05) is 0 Å². The van der Waals surface area contributed by atoms with E-state index < -0.39 is 0 Å². The summed E-state index contributed by atoms with van der Waals surface area (Å²) < 4.78 is 12.7. The van der Waals surface area contributed by atoms with E-state index in [1.54, 1.807) is 24.5 Å². The standard InChI is InChI=1S/C11H10FN3S/c12-9-3-1-8(2-4-9)7-16-11-10(13)14-5-6-15-11/h1-6H,7H2,(H2,13,14). The van der Waals surface area contributed by atoms with Crippen molar-refractivity contribution in [3.8, 4) is 0 Å². The van der Waals surface area contributed by atoms with Crippen LogP contribution in [0.1, 0.15) is 5.56 Å². The van der Waals surface area contributed by atoms with Crippen LogP contribution in [0, 0.1) is 5.82 Å². The van der Waals surface area contributed by atoms with Gasteiger partial charge in [0.15, 0.2) is 5.82 Å². The molecule has 0 unspecified atom stereocenters. The van der Waals surface area contributed by atoms with E-state index in [1.165, 1.54) is 23.9 Å². The second kappa shape index (κ2) is 4.94. The Balaban J connectivity index is 2.02. The van der Waals surface area contributed by atoms with E-state index >= 15 is 0 Å². The Morgan fingerprint density at radius 2 is 1.81 bits per heavy atom. The molecule has 0 amide bonds. The van der Waals surface area contributed by atoms with Gasteiger partial charge in [0, 0.05) is 18.1 Å². The summed E-state index contributed by atoms with van der Waals surface area (Å²) in [5.74, 6) is 0.894. The zero-order chi connectivity index (χ0) is 11.4. The summed E-state index contributed by atoms with van der Waals surface area (Å²) in [6.07, 6.45) is 3.15. The van der Waals surface area contributed by atoms with Gasteiger partial charge in [0.05, 0.1) is 0 Å². The van der Waals surface area contributed by atoms with Gasteiger partial charge in [0.1, 0.15) is 10.8 Å². The van der Waals surface area contributed by atoms with E-state index in [4.69, 9.17) is 5.73 Å². The number of rotatable bonds is 3. The number of aromatic nitrogens is 2. The number of nitrogen functional groups attached to an aromatic ring is 1. The van der Waals surface area contributed by atoms with Gasteiger partial charge in [-0.05, 0) is 17.7 Å². The van der Waals surface area contributed by atoms with Gasteiger partial charge in [-0.3, -0.25) is 0 Å². The predicted octanol–water partition coefficient (Wildman–Crippen LogP) is 2.49. The van der Waals surface area contributed by atoms with Crippen LogP contribution in [-0.2, 0) is 5.75 Å². The maximum atomic E-state index is 12.7. The van der Waals surface area contributed by atoms with Gasteiger partial charge in [-0.25, -0.2) is 14.4 Å². The molecule has 2 N–H and O–H groups in total. The lowest BCUT2D eigenvalue weighted by atomic mass is 10.2. The summed E-state index contributed by atoms with van der Waals surface area (Å²) in [6.45, 7) is 0. The number of anilines is 1. The summed E-state index contributed by atoms with van der Waals surface area (Å²) in [4.78, 5) is 8.05. The van der Waals surface area contributed by atoms with E-state index in [0.29, 0.717) is 16.6 Å². The fourth-order valence-electron chi connectivity index (χ4n) is 1.18. The largest absolute Gasteiger partial charge is 0.381 e. The molecular formula is C11H10FN3S. The van der Waals surface area contributed by atoms with Crippen LogP contribution >= 0.6 is 11.8 Å². The SMILES string of the molecule is Nc1nccnc1SCc1ccc(F)cc1. The highest BCUT2D eigenvalue weighted by atomic mass is 32.2. The van der Waals surface area contributed by atoms with Crippen molar-refractivity contribution in [3.05, 3.63) is 48.0 Å². The maximum absolute atomic E-state index is 12.7. The van der Waals surface area contributed by atoms with Crippen molar-refractivity contribution >= 4 is 17.6 Å². The third-order valence-electron chi connectivity index (χ3n) is 1.98. The maximum Gasteiger partial charge on any atom is 0.156 e. The normalized spacial score (nSPS) is 10.3. The number of hydrogen-bond donors (Lipinski definition) is 1. The number of benzene rings is 1. The van der Waals surface area contributed by atoms with E-state index in [9.17, 15) is 4.39 Å². The van der Waals surface area contributed by atoms with Crippen LogP contribution in [0.15, 0.2) is 41.7 Å². The van der Waals surface area contributed by atoms with Crippen LogP contribution in [0.4, 0.5) is 10.2 Å². The molecule has 2 rings (SSSR count). The second-order valence-corrected chi connectivity index (χ2v) is 4.13. The molecule has 1 aromatic heterocycles. The Kier molecular flexibility index (Phi) is 3.36. The third-order valence-corrected chi connectivity index (χ3v) is 3.05. The van der Waals surface area contributed by atoms with Gasteiger partial charge in [0.25, 0.3) is 0 Å². The van der Waals surface area contributed by atoms with E-state index in [-0.39, 0.29) is 5.82 Å². The number of thioether (sulfide) groups is 1. The van der Waals surface area contributed by atoms with Crippen LogP contribution in [-0.4, -0.2) is 9.97 Å². The van der Waals surface area contributed by atoms with Gasteiger partial charge < -0.3 is 5.73 Å². The van der Waals surface area contributed by atoms with Crippen molar-refractivity contribution in [2.75, 3.05) is 5.73 Å². The zero-order valence-corrected chi connectivity index (χ0v) is 9.25. The summed E-state index contributed by atoms with van der Waals surface area (Å²) in [5, 5.41) is 0.701. The first kappa shape index (κ1) is 10.9. The molecule has 0 saturated carbocycles. The second-order valence-electron chi connectivity index (χ2n) is 3.16. The number of hydrogen-bond acceptors (Lipinski definition) is 4. The molecule has 1 heterocycles. The number of nitrogens with zero attached hydrogens (tertiary/aromatic N) is 2. The smallest absolute Gasteiger partial charge is 0.156 e. The summed E-state index contributed by atoms with van der Waals surface area (Å²) in [6, 6.07) is 6.37. The Bertz CT molecular complexity index is 473. The summed E-state index contributed by atoms with van der Waals surface area (Å²) in [7, 11) is 0. The van der Waals surface area contributed by atoms with Crippen molar-refractivity contribution < 1.29 is 4.39 Å². The number of nitrogens with two attached hydrogens (primary N) is 1. The molecule has 82 valence electrons. The fraction of sp³-hybridized carbons (Fsp3) is 0.0909. The molecule has 0 radical (unpaired) electrons. The van der Waals surface area contributed by atoms with Crippen molar-refractivity contribution in [2.45, 2.75) is 10.8 Å². The first-order chi connectivity index (χ1) is 7.75. The Morgan fingerprint density at radius 3 is 2.50 bits per heavy atom. The van der Waals surface area contributed by atoms with Gasteiger partial charge in [-0.1, -0.05) is 23.9 Å². The van der Waals surface area contributed by atoms with Crippen molar-refractivity contribution in [1.82, 2.24) is 9.97 Å². The Hall–Kier alpha value is -1.62. The quantitative estimate of drug-likeness (QED) is 0.830. The Morgan fingerprint density at radius 1 is 1.12 bits per heavy atom. The molecule has 0 aliphatic rings. The lowest BCUT2D eigenvalue weighted by molar-refractivity contribution is 0.627. The molecule has 2 aromatic rings. The predicted molar refractivity (Wildman–Crippen MR) is 62.4 cm³/mol. The number of halogens is 1. The van der Waals surface area contributed by atoms with Crippen LogP contribution in [0.25, 0.3) is 0 Å². The first-order valence-corrected chi connectivity index (χ1v) is 5.68. The topological polar surface area (TPSA) is 51.8 Å². The van der Waals surface area contributed by atoms with Crippen LogP contribution < -0.4 is 5.73 Å². The van der Waals surface area contributed by atoms with Gasteiger partial charge in [-0.2, -0.15) is 0 Å². The molecule has 1 aromatic carbocycles.